The van der Waals surface area contributed by atoms with Crippen LogP contribution in [0.1, 0.15) is 47.5 Å². The van der Waals surface area contributed by atoms with Gasteiger partial charge in [-0.05, 0) is 25.5 Å². The number of epoxide rings is 1. The van der Waals surface area contributed by atoms with Crippen molar-refractivity contribution in [2.24, 2.45) is 11.8 Å². The minimum Gasteiger partial charge on any atom is -0.461 e. The SMILES string of the molecule is C=C1C(=O)O[C@@H]2/C=C(\C)[C@@H](OC(C)=O)C[C@H]3O[C@@]3(C)C[C@@H](OC(=O)C(C)C)[C@@H]12. The summed E-state index contributed by atoms with van der Waals surface area (Å²) in [6.45, 7) is 12.5. The standard InChI is InChI=1S/C21H28O7/c1-10(2)19(23)27-16-9-21(6)17(28-21)8-14(25-13(5)22)11(3)7-15-18(16)12(4)20(24)26-15/h7,10,14-18H,4,8-9H2,1-3,5-6H3/b11-7+/t14-,15+,16+,17+,18-,21-/m0/s1. The van der Waals surface area contributed by atoms with Crippen molar-refractivity contribution in [3.05, 3.63) is 23.8 Å². The van der Waals surface area contributed by atoms with Crippen LogP contribution in [0.3, 0.4) is 0 Å². The number of hydrogen-bond acceptors (Lipinski definition) is 7. The van der Waals surface area contributed by atoms with Crippen molar-refractivity contribution in [1.82, 2.24) is 0 Å². The fourth-order valence-electron chi connectivity index (χ4n) is 3.96. The van der Waals surface area contributed by atoms with E-state index in [1.807, 2.05) is 13.8 Å². The van der Waals surface area contributed by atoms with Gasteiger partial charge in [0.05, 0.1) is 23.5 Å². The second kappa shape index (κ2) is 7.35. The summed E-state index contributed by atoms with van der Waals surface area (Å²) in [6.07, 6.45) is 0.846. The second-order valence-electron chi connectivity index (χ2n) is 8.42. The molecule has 2 saturated heterocycles. The van der Waals surface area contributed by atoms with Gasteiger partial charge < -0.3 is 18.9 Å². The van der Waals surface area contributed by atoms with E-state index in [0.717, 1.165) is 5.57 Å². The Morgan fingerprint density at radius 1 is 1.32 bits per heavy atom. The molecule has 3 aliphatic rings. The van der Waals surface area contributed by atoms with Crippen LogP contribution >= 0.6 is 0 Å². The van der Waals surface area contributed by atoms with Crippen molar-refractivity contribution in [3.8, 4) is 0 Å². The zero-order valence-electron chi connectivity index (χ0n) is 17.0. The highest BCUT2D eigenvalue weighted by molar-refractivity contribution is 5.91. The minimum atomic E-state index is -0.637. The van der Waals surface area contributed by atoms with Gasteiger partial charge in [-0.2, -0.15) is 0 Å². The van der Waals surface area contributed by atoms with E-state index in [4.69, 9.17) is 18.9 Å². The zero-order chi connectivity index (χ0) is 20.8. The van der Waals surface area contributed by atoms with E-state index >= 15 is 0 Å². The van der Waals surface area contributed by atoms with Gasteiger partial charge in [-0.1, -0.05) is 20.4 Å². The summed E-state index contributed by atoms with van der Waals surface area (Å²) in [5.74, 6) is -2.04. The van der Waals surface area contributed by atoms with Crippen LogP contribution in [-0.4, -0.2) is 47.9 Å². The molecule has 154 valence electrons. The molecule has 3 rings (SSSR count). The maximum atomic E-state index is 12.3. The molecule has 0 aromatic carbocycles. The molecule has 2 aliphatic heterocycles. The van der Waals surface area contributed by atoms with Crippen molar-refractivity contribution >= 4 is 17.9 Å². The van der Waals surface area contributed by atoms with Crippen LogP contribution in [0.4, 0.5) is 0 Å². The van der Waals surface area contributed by atoms with Gasteiger partial charge >= 0.3 is 17.9 Å². The zero-order valence-corrected chi connectivity index (χ0v) is 17.0. The molecule has 2 heterocycles. The lowest BCUT2D eigenvalue weighted by Gasteiger charge is -2.30. The first-order valence-electron chi connectivity index (χ1n) is 9.65. The van der Waals surface area contributed by atoms with Crippen LogP contribution < -0.4 is 0 Å². The van der Waals surface area contributed by atoms with Gasteiger partial charge in [0.25, 0.3) is 0 Å². The summed E-state index contributed by atoms with van der Waals surface area (Å²) in [7, 11) is 0. The second-order valence-corrected chi connectivity index (χ2v) is 8.42. The first-order chi connectivity index (χ1) is 13.0. The summed E-state index contributed by atoms with van der Waals surface area (Å²) in [4.78, 5) is 36.1. The average molecular weight is 392 g/mol. The summed E-state index contributed by atoms with van der Waals surface area (Å²) >= 11 is 0. The predicted octanol–water partition coefficient (Wildman–Crippen LogP) is 2.48. The Balaban J connectivity index is 1.98. The van der Waals surface area contributed by atoms with Gasteiger partial charge in [-0.25, -0.2) is 4.79 Å². The number of carbonyl (C=O) groups excluding carboxylic acids is 3. The van der Waals surface area contributed by atoms with E-state index in [2.05, 4.69) is 6.58 Å². The fourth-order valence-corrected chi connectivity index (χ4v) is 3.96. The molecule has 0 saturated carbocycles. The molecule has 0 aromatic heterocycles. The molecule has 0 radical (unpaired) electrons. The third-order valence-corrected chi connectivity index (χ3v) is 5.71. The van der Waals surface area contributed by atoms with Crippen molar-refractivity contribution in [2.75, 3.05) is 0 Å². The number of esters is 3. The quantitative estimate of drug-likeness (QED) is 0.240. The molecule has 1 aliphatic carbocycles. The molecular weight excluding hydrogens is 364 g/mol. The van der Waals surface area contributed by atoms with Crippen molar-refractivity contribution in [1.29, 1.82) is 0 Å². The average Bonchev–Trinajstić information content (AvgIpc) is 3.11. The van der Waals surface area contributed by atoms with Gasteiger partial charge in [0.15, 0.2) is 0 Å². The Labute approximate surface area is 165 Å². The summed E-state index contributed by atoms with van der Waals surface area (Å²) in [5, 5.41) is 0. The van der Waals surface area contributed by atoms with E-state index < -0.39 is 35.8 Å². The molecule has 0 aromatic rings. The third kappa shape index (κ3) is 3.99. The third-order valence-electron chi connectivity index (χ3n) is 5.71. The molecule has 0 unspecified atom stereocenters. The Morgan fingerprint density at radius 2 is 2.00 bits per heavy atom. The van der Waals surface area contributed by atoms with E-state index in [9.17, 15) is 14.4 Å². The summed E-state index contributed by atoms with van der Waals surface area (Å²) < 4.78 is 22.7. The molecular formula is C21H28O7. The number of carbonyl (C=O) groups is 3. The highest BCUT2D eigenvalue weighted by Crippen LogP contribution is 2.48. The summed E-state index contributed by atoms with van der Waals surface area (Å²) in [5.41, 5.74) is 0.511. The lowest BCUT2D eigenvalue weighted by molar-refractivity contribution is -0.157. The van der Waals surface area contributed by atoms with Gasteiger partial charge in [-0.15, -0.1) is 0 Å². The normalized spacial score (nSPS) is 39.2. The first-order valence-corrected chi connectivity index (χ1v) is 9.65. The Kier molecular flexibility index (Phi) is 5.40. The largest absolute Gasteiger partial charge is 0.461 e. The molecule has 2 fully saturated rings. The van der Waals surface area contributed by atoms with Crippen LogP contribution in [0.25, 0.3) is 0 Å². The van der Waals surface area contributed by atoms with Gasteiger partial charge in [0, 0.05) is 25.3 Å². The maximum Gasteiger partial charge on any atom is 0.334 e. The Bertz CT molecular complexity index is 737. The number of rotatable bonds is 3. The van der Waals surface area contributed by atoms with Crippen LogP contribution in [0.2, 0.25) is 0 Å². The van der Waals surface area contributed by atoms with Crippen LogP contribution in [0.15, 0.2) is 23.8 Å². The van der Waals surface area contributed by atoms with E-state index in [1.54, 1.807) is 19.9 Å². The maximum absolute atomic E-state index is 12.3. The number of fused-ring (bicyclic) bond motifs is 2. The Morgan fingerprint density at radius 3 is 2.61 bits per heavy atom. The topological polar surface area (TPSA) is 91.4 Å². The van der Waals surface area contributed by atoms with Gasteiger partial charge in [0.2, 0.25) is 0 Å². The first kappa shape index (κ1) is 20.6. The van der Waals surface area contributed by atoms with E-state index in [0.29, 0.717) is 12.8 Å². The smallest absolute Gasteiger partial charge is 0.334 e. The van der Waals surface area contributed by atoms with Crippen LogP contribution in [0, 0.1) is 11.8 Å². The van der Waals surface area contributed by atoms with Gasteiger partial charge in [-0.3, -0.25) is 9.59 Å². The molecule has 0 N–H and O–H groups in total. The van der Waals surface area contributed by atoms with Crippen molar-refractivity contribution < 1.29 is 33.3 Å². The lowest BCUT2D eigenvalue weighted by Crippen LogP contribution is -2.38. The molecule has 0 amide bonds. The minimum absolute atomic E-state index is 0.136. The fraction of sp³-hybridized carbons (Fsp3) is 0.667. The van der Waals surface area contributed by atoms with Crippen LogP contribution in [-0.2, 0) is 33.3 Å². The molecule has 28 heavy (non-hydrogen) atoms. The van der Waals surface area contributed by atoms with Crippen LogP contribution in [0.5, 0.6) is 0 Å². The Hall–Kier alpha value is -2.15. The van der Waals surface area contributed by atoms with Crippen molar-refractivity contribution in [3.63, 3.8) is 0 Å². The van der Waals surface area contributed by atoms with Crippen molar-refractivity contribution in [2.45, 2.75) is 77.5 Å². The van der Waals surface area contributed by atoms with Gasteiger partial charge in [0.1, 0.15) is 18.3 Å². The lowest BCUT2D eigenvalue weighted by atomic mass is 9.82. The van der Waals surface area contributed by atoms with E-state index in [-0.39, 0.29) is 29.5 Å². The molecule has 0 bridgehead atoms. The predicted molar refractivity (Wildman–Crippen MR) is 99.1 cm³/mol. The highest BCUT2D eigenvalue weighted by Gasteiger charge is 2.58. The summed E-state index contributed by atoms with van der Waals surface area (Å²) in [6, 6.07) is 0. The monoisotopic (exact) mass is 392 g/mol. The molecule has 7 heteroatoms. The highest BCUT2D eigenvalue weighted by atomic mass is 16.6. The molecule has 6 atom stereocenters. The number of ether oxygens (including phenoxy) is 4. The van der Waals surface area contributed by atoms with E-state index in [1.165, 1.54) is 6.92 Å². The molecule has 0 spiro atoms. The molecule has 7 nitrogen and oxygen atoms in total. The number of hydrogen-bond donors (Lipinski definition) is 0.